The first-order valence-electron chi connectivity index (χ1n) is 9.90. The smallest absolute Gasteiger partial charge is 0.385 e. The Balaban J connectivity index is 3.43. The number of benzene rings is 1. The number of rotatable bonds is 11. The molecule has 1 unspecified atom stereocenters. The van der Waals surface area contributed by atoms with Crippen molar-refractivity contribution >= 4 is 0 Å². The summed E-state index contributed by atoms with van der Waals surface area (Å²) in [4.78, 5) is 0. The van der Waals surface area contributed by atoms with Gasteiger partial charge in [-0.05, 0) is 30.9 Å². The Morgan fingerprint density at radius 2 is 1.00 bits per heavy atom. The van der Waals surface area contributed by atoms with Crippen LogP contribution in [0.1, 0.15) is 44.2 Å². The van der Waals surface area contributed by atoms with E-state index in [1.807, 2.05) is 6.92 Å². The maximum atomic E-state index is 14.2. The molecule has 210 valence electrons. The Hall–Kier alpha value is -1.87. The summed E-state index contributed by atoms with van der Waals surface area (Å²) >= 11 is 0. The van der Waals surface area contributed by atoms with E-state index in [1.54, 1.807) is 0 Å². The summed E-state index contributed by atoms with van der Waals surface area (Å²) in [6.07, 6.45) is -8.66. The normalized spacial score (nSPS) is 16.7. The van der Waals surface area contributed by atoms with E-state index in [-0.39, 0.29) is 0 Å². The van der Waals surface area contributed by atoms with Crippen LogP contribution < -0.4 is 0 Å². The lowest BCUT2D eigenvalue weighted by Crippen LogP contribution is -2.72. The van der Waals surface area contributed by atoms with Crippen LogP contribution in [0.2, 0.25) is 0 Å². The molecule has 0 bridgehead atoms. The van der Waals surface area contributed by atoms with Gasteiger partial charge in [0.05, 0.1) is 12.0 Å². The topological polar surface area (TPSA) is 20.2 Å². The second kappa shape index (κ2) is 9.46. The Bertz CT molecular complexity index is 885. The molecule has 1 rings (SSSR count). The summed E-state index contributed by atoms with van der Waals surface area (Å²) in [5, 5.41) is 10.2. The third-order valence-electron chi connectivity index (χ3n) is 5.35. The molecule has 1 aromatic carbocycles. The summed E-state index contributed by atoms with van der Waals surface area (Å²) in [7, 11) is 0. The number of unbranched alkanes of at least 4 members (excludes halogenated alkanes) is 1. The predicted octanol–water partition coefficient (Wildman–Crippen LogP) is 8.00. The SMILES string of the molecule is CCCCc1ccc(C(C)(O)CC(F)(F)C(F)(F)C(F)(F)C(F)(F)C(F)(F)C(F)(F)C(F)(F)F)cc1. The quantitative estimate of drug-likeness (QED) is 0.272. The molecule has 0 heterocycles. The van der Waals surface area contributed by atoms with Gasteiger partial charge in [-0.2, -0.15) is 65.9 Å². The molecule has 1 nitrogen and oxygen atoms in total. The maximum Gasteiger partial charge on any atom is 0.460 e. The molecule has 1 atom stereocenters. The molecule has 0 amide bonds. The molecule has 0 radical (unpaired) electrons. The number of halogens is 15. The van der Waals surface area contributed by atoms with E-state index in [0.717, 1.165) is 18.6 Å². The standard InChI is InChI=1S/C20H19F15O/c1-3-4-5-11-6-8-12(9-7-11)13(2,36)10-14(21,22)15(23,24)16(25,26)17(27,28)18(29,30)19(31,32)20(33,34)35/h6-9,36H,3-5,10H2,1-2H3. The fourth-order valence-corrected chi connectivity index (χ4v) is 3.06. The minimum Gasteiger partial charge on any atom is -0.385 e. The zero-order chi connectivity index (χ0) is 28.8. The first kappa shape index (κ1) is 32.2. The first-order chi connectivity index (χ1) is 15.7. The van der Waals surface area contributed by atoms with Crippen molar-refractivity contribution in [2.75, 3.05) is 0 Å². The Morgan fingerprint density at radius 3 is 1.39 bits per heavy atom. The average molecular weight is 560 g/mol. The second-order valence-electron chi connectivity index (χ2n) is 8.33. The molecule has 0 saturated heterocycles. The maximum absolute atomic E-state index is 14.2. The molecule has 1 N–H and O–H groups in total. The Morgan fingerprint density at radius 1 is 0.611 bits per heavy atom. The largest absolute Gasteiger partial charge is 0.460 e. The van der Waals surface area contributed by atoms with Gasteiger partial charge < -0.3 is 5.11 Å². The van der Waals surface area contributed by atoms with Crippen molar-refractivity contribution in [1.82, 2.24) is 0 Å². The Kier molecular flexibility index (Phi) is 8.45. The summed E-state index contributed by atoms with van der Waals surface area (Å²) in [6.45, 7) is 2.17. The third kappa shape index (κ3) is 5.10. The molecular formula is C20H19F15O. The van der Waals surface area contributed by atoms with Crippen molar-refractivity contribution in [2.45, 2.75) is 86.8 Å². The van der Waals surface area contributed by atoms with Gasteiger partial charge in [0.1, 0.15) is 0 Å². The van der Waals surface area contributed by atoms with E-state index in [4.69, 9.17) is 0 Å². The van der Waals surface area contributed by atoms with Crippen molar-refractivity contribution in [3.05, 3.63) is 35.4 Å². The minimum absolute atomic E-state index is 0.348. The van der Waals surface area contributed by atoms with E-state index >= 15 is 0 Å². The van der Waals surface area contributed by atoms with Gasteiger partial charge in [0, 0.05) is 0 Å². The fourth-order valence-electron chi connectivity index (χ4n) is 3.06. The molecule has 0 aromatic heterocycles. The molecular weight excluding hydrogens is 541 g/mol. The summed E-state index contributed by atoms with van der Waals surface area (Å²) in [6, 6.07) is 4.23. The van der Waals surface area contributed by atoms with Gasteiger partial charge in [-0.1, -0.05) is 37.6 Å². The van der Waals surface area contributed by atoms with E-state index in [9.17, 15) is 71.0 Å². The first-order valence-corrected chi connectivity index (χ1v) is 9.90. The summed E-state index contributed by atoms with van der Waals surface area (Å²) < 4.78 is 200. The van der Waals surface area contributed by atoms with Crippen LogP contribution in [0.4, 0.5) is 65.9 Å². The van der Waals surface area contributed by atoms with Crippen LogP contribution in [0.15, 0.2) is 24.3 Å². The number of alkyl halides is 15. The highest BCUT2D eigenvalue weighted by atomic mass is 19.4. The lowest BCUT2D eigenvalue weighted by Gasteiger charge is -2.42. The van der Waals surface area contributed by atoms with Crippen molar-refractivity contribution in [1.29, 1.82) is 0 Å². The molecule has 0 aliphatic rings. The van der Waals surface area contributed by atoms with E-state index in [0.29, 0.717) is 25.3 Å². The van der Waals surface area contributed by atoms with Gasteiger partial charge in [-0.25, -0.2) is 0 Å². The van der Waals surface area contributed by atoms with Crippen LogP contribution in [0.5, 0.6) is 0 Å². The zero-order valence-corrected chi connectivity index (χ0v) is 18.3. The lowest BCUT2D eigenvalue weighted by atomic mass is 9.83. The van der Waals surface area contributed by atoms with Gasteiger partial charge >= 0.3 is 41.7 Å². The molecule has 36 heavy (non-hydrogen) atoms. The van der Waals surface area contributed by atoms with Crippen LogP contribution in [0.3, 0.4) is 0 Å². The van der Waals surface area contributed by atoms with Crippen LogP contribution in [-0.2, 0) is 12.0 Å². The van der Waals surface area contributed by atoms with E-state index in [2.05, 4.69) is 0 Å². The third-order valence-corrected chi connectivity index (χ3v) is 5.35. The highest BCUT2D eigenvalue weighted by molar-refractivity contribution is 5.28. The number of aliphatic hydroxyl groups is 1. The van der Waals surface area contributed by atoms with E-state index < -0.39 is 59.3 Å². The molecule has 0 spiro atoms. The van der Waals surface area contributed by atoms with Gasteiger partial charge in [-0.3, -0.25) is 0 Å². The minimum atomic E-state index is -8.35. The van der Waals surface area contributed by atoms with Gasteiger partial charge in [0.2, 0.25) is 0 Å². The second-order valence-corrected chi connectivity index (χ2v) is 8.33. The molecule has 1 aromatic rings. The van der Waals surface area contributed by atoms with Crippen LogP contribution in [0, 0.1) is 0 Å². The van der Waals surface area contributed by atoms with Crippen LogP contribution in [-0.4, -0.2) is 46.8 Å². The van der Waals surface area contributed by atoms with Gasteiger partial charge in [0.15, 0.2) is 0 Å². The van der Waals surface area contributed by atoms with Gasteiger partial charge in [0.25, 0.3) is 0 Å². The predicted molar refractivity (Wildman–Crippen MR) is 95.0 cm³/mol. The number of hydrogen-bond donors (Lipinski definition) is 1. The van der Waals surface area contributed by atoms with Gasteiger partial charge in [-0.15, -0.1) is 0 Å². The van der Waals surface area contributed by atoms with Crippen LogP contribution >= 0.6 is 0 Å². The lowest BCUT2D eigenvalue weighted by molar-refractivity contribution is -0.453. The van der Waals surface area contributed by atoms with Crippen LogP contribution in [0.25, 0.3) is 0 Å². The average Bonchev–Trinajstić information content (AvgIpc) is 2.70. The fraction of sp³-hybridized carbons (Fsp3) is 0.700. The monoisotopic (exact) mass is 560 g/mol. The highest BCUT2D eigenvalue weighted by Gasteiger charge is 2.93. The zero-order valence-electron chi connectivity index (χ0n) is 18.3. The van der Waals surface area contributed by atoms with Crippen molar-refractivity contribution in [3.8, 4) is 0 Å². The number of aryl methyl sites for hydroxylation is 1. The molecule has 0 aliphatic carbocycles. The number of hydrogen-bond acceptors (Lipinski definition) is 1. The summed E-state index contributed by atoms with van der Waals surface area (Å²) in [5.74, 6) is -47.0. The molecule has 0 fully saturated rings. The molecule has 16 heteroatoms. The Labute approximate surface area is 194 Å². The molecule has 0 saturated carbocycles. The molecule has 0 aliphatic heterocycles. The summed E-state index contributed by atoms with van der Waals surface area (Å²) in [5.41, 5.74) is -3.28. The van der Waals surface area contributed by atoms with Crippen molar-refractivity contribution in [3.63, 3.8) is 0 Å². The highest BCUT2D eigenvalue weighted by Crippen LogP contribution is 2.63. The van der Waals surface area contributed by atoms with Crippen molar-refractivity contribution in [2.24, 2.45) is 0 Å². The van der Waals surface area contributed by atoms with E-state index in [1.165, 1.54) is 12.1 Å². The van der Waals surface area contributed by atoms with Crippen molar-refractivity contribution < 1.29 is 71.0 Å².